The van der Waals surface area contributed by atoms with Crippen LogP contribution < -0.4 is 14.8 Å². The van der Waals surface area contributed by atoms with Crippen molar-refractivity contribution in [2.75, 3.05) is 13.2 Å². The number of rotatable bonds is 9. The van der Waals surface area contributed by atoms with Gasteiger partial charge in [0.25, 0.3) is 0 Å². The first-order valence-electron chi connectivity index (χ1n) is 12.3. The molecule has 0 spiro atoms. The fraction of sp³-hybridized carbons (Fsp3) is 0.556. The minimum absolute atomic E-state index is 0.155. The molecule has 1 aromatic carbocycles. The number of unbranched alkanes of at least 4 members (excludes halogenated alkanes) is 3. The zero-order chi connectivity index (χ0) is 22.5. The third kappa shape index (κ3) is 4.62. The number of benzene rings is 1. The second-order valence-corrected chi connectivity index (χ2v) is 8.94. The molecular weight excluding hydrogens is 402 g/mol. The summed E-state index contributed by atoms with van der Waals surface area (Å²) in [6.07, 6.45) is 9.13. The molecule has 2 aliphatic carbocycles. The number of ketones is 2. The van der Waals surface area contributed by atoms with Crippen LogP contribution in [-0.4, -0.2) is 24.8 Å². The van der Waals surface area contributed by atoms with Crippen LogP contribution in [0.1, 0.15) is 89.5 Å². The van der Waals surface area contributed by atoms with Gasteiger partial charge in [0, 0.05) is 41.3 Å². The summed E-state index contributed by atoms with van der Waals surface area (Å²) >= 11 is 0. The number of nitrogens with one attached hydrogen (secondary N) is 1. The summed E-state index contributed by atoms with van der Waals surface area (Å²) in [5, 5.41) is 3.48. The molecule has 0 aromatic heterocycles. The van der Waals surface area contributed by atoms with Gasteiger partial charge in [-0.1, -0.05) is 32.3 Å². The first-order chi connectivity index (χ1) is 15.6. The van der Waals surface area contributed by atoms with E-state index in [1.165, 1.54) is 12.8 Å². The van der Waals surface area contributed by atoms with Gasteiger partial charge in [-0.25, -0.2) is 0 Å². The Hall–Kier alpha value is -2.56. The minimum Gasteiger partial charge on any atom is -0.490 e. The van der Waals surface area contributed by atoms with Gasteiger partial charge in [0.2, 0.25) is 0 Å². The lowest BCUT2D eigenvalue weighted by Crippen LogP contribution is -2.36. The van der Waals surface area contributed by atoms with Crippen molar-refractivity contribution >= 4 is 11.6 Å². The lowest BCUT2D eigenvalue weighted by molar-refractivity contribution is -0.116. The quantitative estimate of drug-likeness (QED) is 0.499. The average molecular weight is 438 g/mol. The molecule has 32 heavy (non-hydrogen) atoms. The largest absolute Gasteiger partial charge is 0.490 e. The van der Waals surface area contributed by atoms with Crippen LogP contribution in [0.3, 0.4) is 0 Å². The predicted molar refractivity (Wildman–Crippen MR) is 125 cm³/mol. The maximum atomic E-state index is 13.0. The Balaban J connectivity index is 1.68. The Morgan fingerprint density at radius 2 is 1.53 bits per heavy atom. The summed E-state index contributed by atoms with van der Waals surface area (Å²) in [7, 11) is 0. The molecule has 0 radical (unpaired) electrons. The average Bonchev–Trinajstić information content (AvgIpc) is 2.79. The summed E-state index contributed by atoms with van der Waals surface area (Å²) in [4.78, 5) is 26.0. The zero-order valence-electron chi connectivity index (χ0n) is 19.4. The topological polar surface area (TPSA) is 64.6 Å². The number of Topliss-reactive ketones (excluding diaryl/α,β-unsaturated/α-hetero) is 2. The minimum atomic E-state index is -0.306. The van der Waals surface area contributed by atoms with Crippen molar-refractivity contribution in [3.05, 3.63) is 46.3 Å². The molecular formula is C27H35NO4. The molecule has 1 heterocycles. The first-order valence-corrected chi connectivity index (χ1v) is 12.3. The number of hydrogen-bond donors (Lipinski definition) is 1. The van der Waals surface area contributed by atoms with E-state index < -0.39 is 0 Å². The first kappa shape index (κ1) is 22.6. The van der Waals surface area contributed by atoms with E-state index in [4.69, 9.17) is 9.47 Å². The maximum Gasteiger partial charge on any atom is 0.161 e. The van der Waals surface area contributed by atoms with E-state index in [0.29, 0.717) is 31.8 Å². The van der Waals surface area contributed by atoms with Crippen LogP contribution in [0.4, 0.5) is 0 Å². The van der Waals surface area contributed by atoms with E-state index in [0.717, 1.165) is 72.4 Å². The molecule has 4 rings (SSSR count). The van der Waals surface area contributed by atoms with Crippen molar-refractivity contribution in [2.45, 2.75) is 84.0 Å². The van der Waals surface area contributed by atoms with E-state index in [9.17, 15) is 9.59 Å². The second-order valence-electron chi connectivity index (χ2n) is 8.94. The molecule has 0 saturated carbocycles. The van der Waals surface area contributed by atoms with Gasteiger partial charge in [0.1, 0.15) is 0 Å². The molecule has 172 valence electrons. The molecule has 5 heteroatoms. The standard InChI is InChI=1S/C27H35NO4/c1-3-5-6-7-16-32-23-15-14-18(17-24(23)31-4-2)25-26-19(10-8-12-21(26)29)28-20-11-9-13-22(30)27(20)25/h14-15,17,25,28H,3-13,16H2,1-2H3. The van der Waals surface area contributed by atoms with Crippen LogP contribution in [0.15, 0.2) is 40.7 Å². The highest BCUT2D eigenvalue weighted by atomic mass is 16.5. The molecule has 0 atom stereocenters. The van der Waals surface area contributed by atoms with Gasteiger partial charge in [0.05, 0.1) is 13.2 Å². The van der Waals surface area contributed by atoms with Crippen molar-refractivity contribution < 1.29 is 19.1 Å². The molecule has 5 nitrogen and oxygen atoms in total. The molecule has 3 aliphatic rings. The van der Waals surface area contributed by atoms with Crippen molar-refractivity contribution in [1.29, 1.82) is 0 Å². The van der Waals surface area contributed by atoms with Crippen LogP contribution in [-0.2, 0) is 9.59 Å². The Morgan fingerprint density at radius 3 is 2.16 bits per heavy atom. The van der Waals surface area contributed by atoms with Gasteiger partial charge < -0.3 is 14.8 Å². The van der Waals surface area contributed by atoms with E-state index in [1.54, 1.807) is 0 Å². The normalized spacial score (nSPS) is 18.9. The second kappa shape index (κ2) is 10.4. The van der Waals surface area contributed by atoms with E-state index >= 15 is 0 Å². The number of dihydropyridines is 1. The summed E-state index contributed by atoms with van der Waals surface area (Å²) in [5.74, 6) is 1.43. The van der Waals surface area contributed by atoms with Gasteiger partial charge in [-0.05, 0) is 56.7 Å². The van der Waals surface area contributed by atoms with Crippen molar-refractivity contribution in [3.63, 3.8) is 0 Å². The highest BCUT2D eigenvalue weighted by molar-refractivity contribution is 6.06. The number of carbonyl (C=O) groups is 2. The van der Waals surface area contributed by atoms with E-state index in [1.807, 2.05) is 25.1 Å². The summed E-state index contributed by atoms with van der Waals surface area (Å²) in [6.45, 7) is 5.35. The van der Waals surface area contributed by atoms with Gasteiger partial charge in [-0.3, -0.25) is 9.59 Å². The van der Waals surface area contributed by atoms with E-state index in [2.05, 4.69) is 12.2 Å². The zero-order valence-corrected chi connectivity index (χ0v) is 19.4. The van der Waals surface area contributed by atoms with Gasteiger partial charge in [-0.2, -0.15) is 0 Å². The van der Waals surface area contributed by atoms with Crippen LogP contribution in [0.25, 0.3) is 0 Å². The highest BCUT2D eigenvalue weighted by Gasteiger charge is 2.40. The number of allylic oxidation sites excluding steroid dienone is 4. The fourth-order valence-corrected chi connectivity index (χ4v) is 5.12. The number of carbonyl (C=O) groups excluding carboxylic acids is 2. The number of ether oxygens (including phenoxy) is 2. The summed E-state index contributed by atoms with van der Waals surface area (Å²) < 4.78 is 12.0. The molecule has 0 saturated heterocycles. The monoisotopic (exact) mass is 437 g/mol. The third-order valence-corrected chi connectivity index (χ3v) is 6.65. The van der Waals surface area contributed by atoms with Crippen LogP contribution >= 0.6 is 0 Å². The lowest BCUT2D eigenvalue weighted by Gasteiger charge is -2.37. The molecule has 1 aliphatic heterocycles. The highest BCUT2D eigenvalue weighted by Crippen LogP contribution is 2.46. The van der Waals surface area contributed by atoms with Crippen molar-refractivity contribution in [2.24, 2.45) is 0 Å². The Kier molecular flexibility index (Phi) is 7.33. The molecule has 0 unspecified atom stereocenters. The smallest absolute Gasteiger partial charge is 0.161 e. The van der Waals surface area contributed by atoms with Crippen LogP contribution in [0.5, 0.6) is 11.5 Å². The summed E-state index contributed by atoms with van der Waals surface area (Å²) in [6, 6.07) is 5.95. The van der Waals surface area contributed by atoms with Gasteiger partial charge >= 0.3 is 0 Å². The molecule has 1 aromatic rings. The molecule has 0 amide bonds. The number of hydrogen-bond acceptors (Lipinski definition) is 5. The van der Waals surface area contributed by atoms with Gasteiger partial charge in [-0.15, -0.1) is 0 Å². The molecule has 0 fully saturated rings. The molecule has 1 N–H and O–H groups in total. The fourth-order valence-electron chi connectivity index (χ4n) is 5.12. The Labute approximate surface area is 191 Å². The SMILES string of the molecule is CCCCCCOc1ccc(C2C3=C(CCCC3=O)NC3=C2C(=O)CCC3)cc1OCC. The van der Waals surface area contributed by atoms with Gasteiger partial charge in [0.15, 0.2) is 23.1 Å². The Morgan fingerprint density at radius 1 is 0.844 bits per heavy atom. The van der Waals surface area contributed by atoms with Crippen molar-refractivity contribution in [3.8, 4) is 11.5 Å². The lowest BCUT2D eigenvalue weighted by atomic mass is 9.71. The third-order valence-electron chi connectivity index (χ3n) is 6.65. The van der Waals surface area contributed by atoms with Crippen LogP contribution in [0, 0.1) is 0 Å². The van der Waals surface area contributed by atoms with E-state index in [-0.39, 0.29) is 17.5 Å². The van der Waals surface area contributed by atoms with Crippen LogP contribution in [0.2, 0.25) is 0 Å². The Bertz CT molecular complexity index is 901. The molecule has 0 bridgehead atoms. The maximum absolute atomic E-state index is 13.0. The van der Waals surface area contributed by atoms with Crippen molar-refractivity contribution in [1.82, 2.24) is 5.32 Å². The predicted octanol–water partition coefficient (Wildman–Crippen LogP) is 5.75. The summed E-state index contributed by atoms with van der Waals surface area (Å²) in [5.41, 5.74) is 4.52.